The molecule has 0 radical (unpaired) electrons. The molecule has 0 bridgehead atoms. The molecule has 3 nitrogen and oxygen atoms in total. The smallest absolute Gasteiger partial charge is 0.407 e. The van der Waals surface area contributed by atoms with Crippen LogP contribution in [-0.2, 0) is 4.74 Å². The van der Waals surface area contributed by atoms with Crippen LogP contribution in [0.1, 0.15) is 65.7 Å². The summed E-state index contributed by atoms with van der Waals surface area (Å²) in [6, 6.07) is 0. The van der Waals surface area contributed by atoms with Crippen molar-refractivity contribution in [2.75, 3.05) is 11.9 Å². The third-order valence-corrected chi connectivity index (χ3v) is 3.04. The van der Waals surface area contributed by atoms with Crippen molar-refractivity contribution in [3.05, 3.63) is 0 Å². The van der Waals surface area contributed by atoms with Crippen molar-refractivity contribution in [3.63, 3.8) is 0 Å². The highest BCUT2D eigenvalue weighted by Gasteiger charge is 2.15. The number of alkyl halides is 1. The quantitative estimate of drug-likeness (QED) is 0.496. The number of alkyl carbamates (subject to hydrolysis) is 1. The van der Waals surface area contributed by atoms with Crippen LogP contribution in [0, 0.1) is 0 Å². The Kier molecular flexibility index (Phi) is 10.5. The van der Waals surface area contributed by atoms with E-state index < -0.39 is 5.60 Å². The molecule has 0 fully saturated rings. The van der Waals surface area contributed by atoms with Gasteiger partial charge in [-0.2, -0.15) is 0 Å². The SMILES string of the molecule is CC(C)(C)OC(=O)NCCCCCCCCCBr. The molecule has 108 valence electrons. The van der Waals surface area contributed by atoms with Crippen molar-refractivity contribution in [1.82, 2.24) is 5.32 Å². The summed E-state index contributed by atoms with van der Waals surface area (Å²) in [6.07, 6.45) is 8.41. The van der Waals surface area contributed by atoms with E-state index in [1.165, 1.54) is 38.5 Å². The Bertz CT molecular complexity index is 214. The summed E-state index contributed by atoms with van der Waals surface area (Å²) in [5, 5.41) is 3.90. The van der Waals surface area contributed by atoms with Crippen LogP contribution in [0.5, 0.6) is 0 Å². The van der Waals surface area contributed by atoms with Gasteiger partial charge in [-0.25, -0.2) is 4.79 Å². The van der Waals surface area contributed by atoms with Crippen LogP contribution in [0.4, 0.5) is 4.79 Å². The van der Waals surface area contributed by atoms with Crippen molar-refractivity contribution in [2.45, 2.75) is 71.3 Å². The molecule has 18 heavy (non-hydrogen) atoms. The number of ether oxygens (including phenoxy) is 1. The number of hydrogen-bond acceptors (Lipinski definition) is 2. The van der Waals surface area contributed by atoms with Gasteiger partial charge in [0.25, 0.3) is 0 Å². The van der Waals surface area contributed by atoms with Gasteiger partial charge < -0.3 is 10.1 Å². The highest BCUT2D eigenvalue weighted by molar-refractivity contribution is 9.09. The summed E-state index contributed by atoms with van der Waals surface area (Å²) in [5.41, 5.74) is -0.403. The highest BCUT2D eigenvalue weighted by atomic mass is 79.9. The van der Waals surface area contributed by atoms with Gasteiger partial charge in [-0.1, -0.05) is 48.0 Å². The molecule has 0 aliphatic carbocycles. The highest BCUT2D eigenvalue weighted by Crippen LogP contribution is 2.08. The predicted octanol–water partition coefficient (Wildman–Crippen LogP) is 4.64. The zero-order chi connectivity index (χ0) is 13.9. The van der Waals surface area contributed by atoms with Crippen LogP contribution in [0.25, 0.3) is 0 Å². The molecular formula is C14H28BrNO2. The Morgan fingerprint density at radius 2 is 1.50 bits per heavy atom. The fourth-order valence-electron chi connectivity index (χ4n) is 1.61. The Labute approximate surface area is 120 Å². The number of carbonyl (C=O) groups is 1. The lowest BCUT2D eigenvalue weighted by atomic mass is 10.1. The molecule has 0 aromatic rings. The summed E-state index contributed by atoms with van der Waals surface area (Å²) in [5.74, 6) is 0. The zero-order valence-corrected chi connectivity index (χ0v) is 13.6. The average molecular weight is 322 g/mol. The van der Waals surface area contributed by atoms with Crippen LogP contribution >= 0.6 is 15.9 Å². The standard InChI is InChI=1S/C14H28BrNO2/c1-14(2,3)18-13(17)16-12-10-8-6-4-5-7-9-11-15/h4-12H2,1-3H3,(H,16,17). The molecule has 0 unspecified atom stereocenters. The van der Waals surface area contributed by atoms with Gasteiger partial charge in [0.05, 0.1) is 0 Å². The van der Waals surface area contributed by atoms with Gasteiger partial charge >= 0.3 is 6.09 Å². The Hall–Kier alpha value is -0.250. The van der Waals surface area contributed by atoms with Crippen LogP contribution < -0.4 is 5.32 Å². The molecule has 0 atom stereocenters. The number of amides is 1. The molecule has 0 saturated heterocycles. The first-order valence-corrected chi connectivity index (χ1v) is 8.10. The molecule has 0 aliphatic rings. The van der Waals surface area contributed by atoms with Gasteiger partial charge in [0.1, 0.15) is 5.60 Å². The van der Waals surface area contributed by atoms with E-state index in [9.17, 15) is 4.79 Å². The summed E-state index contributed by atoms with van der Waals surface area (Å²) in [7, 11) is 0. The third-order valence-electron chi connectivity index (χ3n) is 2.48. The summed E-state index contributed by atoms with van der Waals surface area (Å²) >= 11 is 3.43. The van der Waals surface area contributed by atoms with E-state index in [-0.39, 0.29) is 6.09 Å². The predicted molar refractivity (Wildman–Crippen MR) is 80.3 cm³/mol. The van der Waals surface area contributed by atoms with E-state index >= 15 is 0 Å². The molecule has 0 aromatic carbocycles. The molecule has 0 spiro atoms. The average Bonchev–Trinajstić information content (AvgIpc) is 2.24. The molecule has 0 heterocycles. The normalized spacial score (nSPS) is 11.3. The molecule has 0 aliphatic heterocycles. The van der Waals surface area contributed by atoms with E-state index in [0.29, 0.717) is 0 Å². The fraction of sp³-hybridized carbons (Fsp3) is 0.929. The number of nitrogens with one attached hydrogen (secondary N) is 1. The number of unbranched alkanes of at least 4 members (excludes halogenated alkanes) is 6. The second-order valence-corrected chi connectivity index (χ2v) is 6.39. The van der Waals surface area contributed by atoms with E-state index in [1.54, 1.807) is 0 Å². The van der Waals surface area contributed by atoms with Gasteiger partial charge in [0.15, 0.2) is 0 Å². The van der Waals surface area contributed by atoms with Crippen molar-refractivity contribution in [3.8, 4) is 0 Å². The van der Waals surface area contributed by atoms with Gasteiger partial charge in [-0.3, -0.25) is 0 Å². The summed E-state index contributed by atoms with van der Waals surface area (Å²) < 4.78 is 5.16. The van der Waals surface area contributed by atoms with Crippen LogP contribution in [0.15, 0.2) is 0 Å². The van der Waals surface area contributed by atoms with Crippen molar-refractivity contribution in [1.29, 1.82) is 0 Å². The second kappa shape index (κ2) is 10.7. The number of hydrogen-bond donors (Lipinski definition) is 1. The number of carbonyl (C=O) groups excluding carboxylic acids is 1. The maximum atomic E-state index is 11.3. The fourth-order valence-corrected chi connectivity index (χ4v) is 2.00. The first-order chi connectivity index (χ1) is 8.45. The molecule has 4 heteroatoms. The van der Waals surface area contributed by atoms with Crippen LogP contribution in [-0.4, -0.2) is 23.6 Å². The maximum Gasteiger partial charge on any atom is 0.407 e. The zero-order valence-electron chi connectivity index (χ0n) is 12.1. The second-order valence-electron chi connectivity index (χ2n) is 5.59. The van der Waals surface area contributed by atoms with E-state index in [4.69, 9.17) is 4.74 Å². The lowest BCUT2D eigenvalue weighted by molar-refractivity contribution is 0.0527. The van der Waals surface area contributed by atoms with Gasteiger partial charge in [0, 0.05) is 11.9 Å². The molecule has 0 saturated carbocycles. The number of halogens is 1. The Balaban J connectivity index is 3.23. The lowest BCUT2D eigenvalue weighted by Gasteiger charge is -2.19. The molecule has 0 rings (SSSR count). The van der Waals surface area contributed by atoms with Crippen molar-refractivity contribution >= 4 is 22.0 Å². The van der Waals surface area contributed by atoms with E-state index in [2.05, 4.69) is 21.2 Å². The topological polar surface area (TPSA) is 38.3 Å². The van der Waals surface area contributed by atoms with Gasteiger partial charge in [-0.05, 0) is 33.6 Å². The first-order valence-electron chi connectivity index (χ1n) is 6.98. The van der Waals surface area contributed by atoms with E-state index in [1.807, 2.05) is 20.8 Å². The minimum Gasteiger partial charge on any atom is -0.444 e. The maximum absolute atomic E-state index is 11.3. The number of rotatable bonds is 9. The molecule has 1 N–H and O–H groups in total. The third kappa shape index (κ3) is 13.8. The van der Waals surface area contributed by atoms with Crippen LogP contribution in [0.3, 0.4) is 0 Å². The van der Waals surface area contributed by atoms with E-state index in [0.717, 1.165) is 18.3 Å². The van der Waals surface area contributed by atoms with Crippen molar-refractivity contribution < 1.29 is 9.53 Å². The Morgan fingerprint density at radius 1 is 1.00 bits per heavy atom. The summed E-state index contributed by atoms with van der Waals surface area (Å²) in [4.78, 5) is 11.3. The first kappa shape index (κ1) is 17.8. The van der Waals surface area contributed by atoms with Gasteiger partial charge in [-0.15, -0.1) is 0 Å². The summed E-state index contributed by atoms with van der Waals surface area (Å²) in [6.45, 7) is 6.34. The molecular weight excluding hydrogens is 294 g/mol. The van der Waals surface area contributed by atoms with Crippen LogP contribution in [0.2, 0.25) is 0 Å². The molecule has 0 aromatic heterocycles. The monoisotopic (exact) mass is 321 g/mol. The van der Waals surface area contributed by atoms with Gasteiger partial charge in [0.2, 0.25) is 0 Å². The Morgan fingerprint density at radius 3 is 2.00 bits per heavy atom. The minimum absolute atomic E-state index is 0.306. The van der Waals surface area contributed by atoms with Crippen molar-refractivity contribution in [2.24, 2.45) is 0 Å². The largest absolute Gasteiger partial charge is 0.444 e. The molecule has 1 amide bonds. The minimum atomic E-state index is -0.403. The lowest BCUT2D eigenvalue weighted by Crippen LogP contribution is -2.32.